The molecule has 0 amide bonds. The number of benzene rings is 1. The Hall–Kier alpha value is -1.71. The van der Waals surface area contributed by atoms with Gasteiger partial charge >= 0.3 is 5.76 Å². The highest BCUT2D eigenvalue weighted by Crippen LogP contribution is 2.28. The molecule has 4 nitrogen and oxygen atoms in total. The standard InChI is InChI=1S/C14H18N2O2/c15-11-5-6-12-13(9-11)18-14(17)16(12)8-7-10-3-1-2-4-10/h5-6,9-10H,1-4,7-8,15H2. The summed E-state index contributed by atoms with van der Waals surface area (Å²) in [5, 5.41) is 0. The Morgan fingerprint density at radius 3 is 2.89 bits per heavy atom. The lowest BCUT2D eigenvalue weighted by atomic mass is 10.0. The Kier molecular flexibility index (Phi) is 2.86. The van der Waals surface area contributed by atoms with Crippen LogP contribution in [0.15, 0.2) is 27.4 Å². The average molecular weight is 246 g/mol. The van der Waals surface area contributed by atoms with Gasteiger partial charge in [-0.05, 0) is 24.5 Å². The summed E-state index contributed by atoms with van der Waals surface area (Å²) in [7, 11) is 0. The SMILES string of the molecule is Nc1ccc2c(c1)oc(=O)n2CCC1CCCC1. The van der Waals surface area contributed by atoms with Crippen LogP contribution in [0.1, 0.15) is 32.1 Å². The van der Waals surface area contributed by atoms with Crippen LogP contribution in [-0.2, 0) is 6.54 Å². The summed E-state index contributed by atoms with van der Waals surface area (Å²) in [6.45, 7) is 0.750. The van der Waals surface area contributed by atoms with Gasteiger partial charge in [-0.25, -0.2) is 4.79 Å². The summed E-state index contributed by atoms with van der Waals surface area (Å²) in [5.41, 5.74) is 7.75. The molecule has 0 bridgehead atoms. The van der Waals surface area contributed by atoms with Gasteiger partial charge in [0.25, 0.3) is 0 Å². The molecule has 0 aliphatic heterocycles. The fraction of sp³-hybridized carbons (Fsp3) is 0.500. The van der Waals surface area contributed by atoms with E-state index >= 15 is 0 Å². The molecule has 1 aromatic heterocycles. The highest BCUT2D eigenvalue weighted by atomic mass is 16.4. The van der Waals surface area contributed by atoms with E-state index in [-0.39, 0.29) is 5.76 Å². The number of fused-ring (bicyclic) bond motifs is 1. The van der Waals surface area contributed by atoms with Crippen molar-refractivity contribution in [2.75, 3.05) is 5.73 Å². The second kappa shape index (κ2) is 4.52. The Morgan fingerprint density at radius 2 is 2.11 bits per heavy atom. The summed E-state index contributed by atoms with van der Waals surface area (Å²) in [4.78, 5) is 11.8. The maximum absolute atomic E-state index is 11.8. The van der Waals surface area contributed by atoms with Crippen LogP contribution in [0.4, 0.5) is 5.69 Å². The molecule has 4 heteroatoms. The molecule has 0 spiro atoms. The fourth-order valence-corrected chi connectivity index (χ4v) is 2.91. The molecule has 1 aliphatic rings. The van der Waals surface area contributed by atoms with Crippen LogP contribution in [-0.4, -0.2) is 4.57 Å². The molecule has 0 atom stereocenters. The molecule has 1 fully saturated rings. The predicted octanol–water partition coefficient (Wildman–Crippen LogP) is 2.76. The molecule has 0 saturated heterocycles. The first-order chi connectivity index (χ1) is 8.74. The number of nitrogens with zero attached hydrogens (tertiary/aromatic N) is 1. The van der Waals surface area contributed by atoms with Crippen molar-refractivity contribution in [1.82, 2.24) is 4.57 Å². The van der Waals surface area contributed by atoms with Gasteiger partial charge in [0.1, 0.15) is 0 Å². The van der Waals surface area contributed by atoms with Crippen LogP contribution in [0.5, 0.6) is 0 Å². The number of nitrogens with two attached hydrogens (primary N) is 1. The second-order valence-corrected chi connectivity index (χ2v) is 5.19. The molecule has 2 N–H and O–H groups in total. The van der Waals surface area contributed by atoms with Crippen molar-refractivity contribution in [2.45, 2.75) is 38.6 Å². The quantitative estimate of drug-likeness (QED) is 0.847. The van der Waals surface area contributed by atoms with Crippen LogP contribution in [0, 0.1) is 5.92 Å². The first-order valence-corrected chi connectivity index (χ1v) is 6.63. The second-order valence-electron chi connectivity index (χ2n) is 5.19. The molecule has 18 heavy (non-hydrogen) atoms. The molecule has 0 unspecified atom stereocenters. The number of anilines is 1. The predicted molar refractivity (Wildman–Crippen MR) is 71.5 cm³/mol. The topological polar surface area (TPSA) is 61.2 Å². The van der Waals surface area contributed by atoms with E-state index in [1.54, 1.807) is 10.6 Å². The van der Waals surface area contributed by atoms with Crippen molar-refractivity contribution in [1.29, 1.82) is 0 Å². The average Bonchev–Trinajstić information content (AvgIpc) is 2.93. The number of aromatic nitrogens is 1. The minimum atomic E-state index is -0.270. The van der Waals surface area contributed by atoms with Crippen LogP contribution in [0.25, 0.3) is 11.1 Å². The van der Waals surface area contributed by atoms with E-state index in [9.17, 15) is 4.79 Å². The summed E-state index contributed by atoms with van der Waals surface area (Å²) >= 11 is 0. The van der Waals surface area contributed by atoms with Gasteiger partial charge in [0.05, 0.1) is 5.52 Å². The van der Waals surface area contributed by atoms with Crippen molar-refractivity contribution in [3.8, 4) is 0 Å². The molecular weight excluding hydrogens is 228 g/mol. The third-order valence-electron chi connectivity index (χ3n) is 3.93. The van der Waals surface area contributed by atoms with Gasteiger partial charge in [-0.3, -0.25) is 4.57 Å². The number of hydrogen-bond donors (Lipinski definition) is 1. The molecule has 1 saturated carbocycles. The summed E-state index contributed by atoms with van der Waals surface area (Å²) < 4.78 is 6.95. The molecule has 1 aromatic carbocycles. The normalized spacial score (nSPS) is 16.7. The number of hydrogen-bond acceptors (Lipinski definition) is 3. The van der Waals surface area contributed by atoms with E-state index in [4.69, 9.17) is 10.2 Å². The van der Waals surface area contributed by atoms with Crippen molar-refractivity contribution in [3.05, 3.63) is 28.7 Å². The van der Waals surface area contributed by atoms with E-state index in [1.807, 2.05) is 12.1 Å². The summed E-state index contributed by atoms with van der Waals surface area (Å²) in [6.07, 6.45) is 6.35. The van der Waals surface area contributed by atoms with E-state index < -0.39 is 0 Å². The first kappa shape index (κ1) is 11.4. The minimum Gasteiger partial charge on any atom is -0.408 e. The molecular formula is C14H18N2O2. The largest absolute Gasteiger partial charge is 0.419 e. The molecule has 2 aromatic rings. The highest BCUT2D eigenvalue weighted by Gasteiger charge is 2.16. The smallest absolute Gasteiger partial charge is 0.408 e. The van der Waals surface area contributed by atoms with Gasteiger partial charge in [0, 0.05) is 18.3 Å². The lowest BCUT2D eigenvalue weighted by molar-refractivity contribution is 0.433. The Labute approximate surface area is 105 Å². The minimum absolute atomic E-state index is 0.270. The van der Waals surface area contributed by atoms with Crippen molar-refractivity contribution < 1.29 is 4.42 Å². The number of nitrogen functional groups attached to an aromatic ring is 1. The summed E-state index contributed by atoms with van der Waals surface area (Å²) in [5.74, 6) is 0.504. The van der Waals surface area contributed by atoms with Gasteiger partial charge in [-0.1, -0.05) is 25.7 Å². The Bertz CT molecular complexity index is 606. The van der Waals surface area contributed by atoms with Gasteiger partial charge in [0.2, 0.25) is 0 Å². The number of aryl methyl sites for hydroxylation is 1. The van der Waals surface area contributed by atoms with Gasteiger partial charge in [-0.2, -0.15) is 0 Å². The lowest BCUT2D eigenvalue weighted by Crippen LogP contribution is -2.15. The van der Waals surface area contributed by atoms with Crippen molar-refractivity contribution in [3.63, 3.8) is 0 Å². The van der Waals surface area contributed by atoms with Crippen LogP contribution in [0.2, 0.25) is 0 Å². The van der Waals surface area contributed by atoms with E-state index in [2.05, 4.69) is 0 Å². The molecule has 1 aliphatic carbocycles. The van der Waals surface area contributed by atoms with Crippen molar-refractivity contribution >= 4 is 16.8 Å². The zero-order chi connectivity index (χ0) is 12.5. The molecule has 3 rings (SSSR count). The Morgan fingerprint density at radius 1 is 1.33 bits per heavy atom. The molecule has 0 radical (unpaired) electrons. The first-order valence-electron chi connectivity index (χ1n) is 6.63. The zero-order valence-electron chi connectivity index (χ0n) is 10.4. The number of oxazole rings is 1. The van der Waals surface area contributed by atoms with E-state index in [0.717, 1.165) is 24.4 Å². The van der Waals surface area contributed by atoms with Crippen LogP contribution < -0.4 is 11.5 Å². The monoisotopic (exact) mass is 246 g/mol. The maximum atomic E-state index is 11.8. The highest BCUT2D eigenvalue weighted by molar-refractivity contribution is 5.76. The van der Waals surface area contributed by atoms with E-state index in [1.165, 1.54) is 25.7 Å². The van der Waals surface area contributed by atoms with Crippen LogP contribution in [0.3, 0.4) is 0 Å². The summed E-state index contributed by atoms with van der Waals surface area (Å²) in [6, 6.07) is 5.39. The third-order valence-corrected chi connectivity index (χ3v) is 3.93. The zero-order valence-corrected chi connectivity index (χ0v) is 10.4. The van der Waals surface area contributed by atoms with Gasteiger partial charge < -0.3 is 10.2 Å². The van der Waals surface area contributed by atoms with Gasteiger partial charge in [-0.15, -0.1) is 0 Å². The third kappa shape index (κ3) is 2.03. The van der Waals surface area contributed by atoms with Gasteiger partial charge in [0.15, 0.2) is 5.58 Å². The molecule has 1 heterocycles. The Balaban J connectivity index is 1.86. The van der Waals surface area contributed by atoms with E-state index in [0.29, 0.717) is 11.3 Å². The fourth-order valence-electron chi connectivity index (χ4n) is 2.91. The maximum Gasteiger partial charge on any atom is 0.419 e. The van der Waals surface area contributed by atoms with Crippen LogP contribution >= 0.6 is 0 Å². The lowest BCUT2D eigenvalue weighted by Gasteiger charge is -2.08. The van der Waals surface area contributed by atoms with Crippen molar-refractivity contribution in [2.24, 2.45) is 5.92 Å². The number of rotatable bonds is 3. The molecule has 96 valence electrons.